The minimum absolute atomic E-state index is 0.0721. The summed E-state index contributed by atoms with van der Waals surface area (Å²) in [6.45, 7) is 0.487. The largest absolute Gasteiger partial charge is 0.417 e. The number of carbonyl (C=O) groups is 1. The number of sulfonamides is 1. The Morgan fingerprint density at radius 2 is 1.88 bits per heavy atom. The van der Waals surface area contributed by atoms with Gasteiger partial charge in [-0.15, -0.1) is 0 Å². The molecule has 1 amide bonds. The second kappa shape index (κ2) is 8.10. The molecule has 0 atom stereocenters. The molecule has 2 rings (SSSR count). The van der Waals surface area contributed by atoms with E-state index in [1.165, 1.54) is 22.5 Å². The summed E-state index contributed by atoms with van der Waals surface area (Å²) in [6, 6.07) is 4.99. The van der Waals surface area contributed by atoms with Crippen LogP contribution >= 0.6 is 0 Å². The predicted octanol–water partition coefficient (Wildman–Crippen LogP) is 1.84. The van der Waals surface area contributed by atoms with E-state index < -0.39 is 21.8 Å². The Morgan fingerprint density at radius 3 is 2.46 bits per heavy atom. The number of amides is 1. The molecule has 1 heterocycles. The van der Waals surface area contributed by atoms with Crippen LogP contribution in [0.2, 0.25) is 0 Å². The van der Waals surface area contributed by atoms with Gasteiger partial charge in [0.05, 0.1) is 18.4 Å². The zero-order valence-corrected chi connectivity index (χ0v) is 15.0. The Labute approximate surface area is 150 Å². The van der Waals surface area contributed by atoms with E-state index in [4.69, 9.17) is 0 Å². The van der Waals surface area contributed by atoms with Crippen LogP contribution < -0.4 is 5.32 Å². The average Bonchev–Trinajstić information content (AvgIpc) is 2.57. The van der Waals surface area contributed by atoms with Crippen LogP contribution in [-0.2, 0) is 21.0 Å². The Balaban J connectivity index is 1.88. The molecule has 1 aliphatic heterocycles. The van der Waals surface area contributed by atoms with Crippen molar-refractivity contribution in [1.82, 2.24) is 9.62 Å². The van der Waals surface area contributed by atoms with E-state index in [0.29, 0.717) is 12.8 Å². The fourth-order valence-electron chi connectivity index (χ4n) is 2.70. The second-order valence-electron chi connectivity index (χ2n) is 6.00. The third-order valence-corrected chi connectivity index (χ3v) is 5.40. The van der Waals surface area contributed by atoms with Crippen LogP contribution in [0.1, 0.15) is 24.0 Å². The summed E-state index contributed by atoms with van der Waals surface area (Å²) in [5.74, 6) is 4.37. The first-order chi connectivity index (χ1) is 12.1. The van der Waals surface area contributed by atoms with Crippen molar-refractivity contribution in [3.63, 3.8) is 0 Å². The van der Waals surface area contributed by atoms with Crippen molar-refractivity contribution >= 4 is 15.9 Å². The third-order valence-electron chi connectivity index (χ3n) is 4.10. The highest BCUT2D eigenvalue weighted by Crippen LogP contribution is 2.31. The van der Waals surface area contributed by atoms with Gasteiger partial charge in [0.2, 0.25) is 15.9 Å². The van der Waals surface area contributed by atoms with Crippen LogP contribution in [0.15, 0.2) is 24.3 Å². The fraction of sp³-hybridized carbons (Fsp3) is 0.471. The van der Waals surface area contributed by atoms with Crippen molar-refractivity contribution in [2.24, 2.45) is 5.92 Å². The molecule has 1 aromatic rings. The molecule has 142 valence electrons. The number of alkyl halides is 3. The molecule has 1 saturated heterocycles. The van der Waals surface area contributed by atoms with Gasteiger partial charge in [-0.2, -0.15) is 13.2 Å². The van der Waals surface area contributed by atoms with Gasteiger partial charge in [-0.1, -0.05) is 24.0 Å². The van der Waals surface area contributed by atoms with Gasteiger partial charge in [0.15, 0.2) is 0 Å². The number of hydrogen-bond acceptors (Lipinski definition) is 3. The molecule has 1 aliphatic rings. The number of rotatable bonds is 3. The van der Waals surface area contributed by atoms with E-state index in [2.05, 4.69) is 17.2 Å². The number of nitrogens with one attached hydrogen (secondary N) is 1. The van der Waals surface area contributed by atoms with Crippen molar-refractivity contribution in [2.45, 2.75) is 19.0 Å². The van der Waals surface area contributed by atoms with Crippen LogP contribution in [0.3, 0.4) is 0 Å². The molecular weight excluding hydrogens is 369 g/mol. The van der Waals surface area contributed by atoms with Gasteiger partial charge in [-0.3, -0.25) is 4.79 Å². The van der Waals surface area contributed by atoms with E-state index in [0.717, 1.165) is 12.3 Å². The summed E-state index contributed by atoms with van der Waals surface area (Å²) in [5, 5.41) is 2.57. The maximum absolute atomic E-state index is 12.9. The molecule has 0 spiro atoms. The van der Waals surface area contributed by atoms with Gasteiger partial charge in [0, 0.05) is 24.6 Å². The first-order valence-corrected chi connectivity index (χ1v) is 9.82. The summed E-state index contributed by atoms with van der Waals surface area (Å²) in [5.41, 5.74) is -0.956. The second-order valence-corrected chi connectivity index (χ2v) is 7.98. The summed E-state index contributed by atoms with van der Waals surface area (Å²) < 4.78 is 62.8. The van der Waals surface area contributed by atoms with Gasteiger partial charge in [0.1, 0.15) is 0 Å². The van der Waals surface area contributed by atoms with Crippen molar-refractivity contribution in [3.8, 4) is 11.8 Å². The minimum Gasteiger partial charge on any atom is -0.345 e. The maximum Gasteiger partial charge on any atom is 0.417 e. The molecule has 1 fully saturated rings. The summed E-state index contributed by atoms with van der Waals surface area (Å²) in [7, 11) is -3.26. The lowest BCUT2D eigenvalue weighted by molar-refractivity contribution is -0.137. The van der Waals surface area contributed by atoms with Gasteiger partial charge in [0.25, 0.3) is 0 Å². The molecule has 0 saturated carbocycles. The average molecular weight is 388 g/mol. The highest BCUT2D eigenvalue weighted by molar-refractivity contribution is 7.88. The Hall–Kier alpha value is -2.05. The fourth-order valence-corrected chi connectivity index (χ4v) is 3.58. The minimum atomic E-state index is -4.48. The monoisotopic (exact) mass is 388 g/mol. The Kier molecular flexibility index (Phi) is 6.31. The Bertz CT molecular complexity index is 818. The third kappa shape index (κ3) is 5.47. The van der Waals surface area contributed by atoms with E-state index >= 15 is 0 Å². The number of piperidine rings is 1. The van der Waals surface area contributed by atoms with Crippen molar-refractivity contribution in [3.05, 3.63) is 35.4 Å². The smallest absolute Gasteiger partial charge is 0.345 e. The van der Waals surface area contributed by atoms with Crippen molar-refractivity contribution < 1.29 is 26.4 Å². The topological polar surface area (TPSA) is 66.5 Å². The van der Waals surface area contributed by atoms with Crippen LogP contribution in [0.4, 0.5) is 13.2 Å². The first kappa shape index (κ1) is 20.3. The van der Waals surface area contributed by atoms with Crippen molar-refractivity contribution in [2.75, 3.05) is 25.9 Å². The molecule has 0 unspecified atom stereocenters. The molecule has 1 aromatic carbocycles. The van der Waals surface area contributed by atoms with Crippen LogP contribution in [0.5, 0.6) is 0 Å². The van der Waals surface area contributed by atoms with E-state index in [9.17, 15) is 26.4 Å². The van der Waals surface area contributed by atoms with Gasteiger partial charge >= 0.3 is 6.18 Å². The number of hydrogen-bond donors (Lipinski definition) is 1. The van der Waals surface area contributed by atoms with E-state index in [-0.39, 0.29) is 37.0 Å². The summed E-state index contributed by atoms with van der Waals surface area (Å²) >= 11 is 0. The van der Waals surface area contributed by atoms with Gasteiger partial charge in [-0.25, -0.2) is 12.7 Å². The Morgan fingerprint density at radius 1 is 1.27 bits per heavy atom. The molecule has 0 radical (unpaired) electrons. The predicted molar refractivity (Wildman–Crippen MR) is 90.5 cm³/mol. The molecule has 0 aliphatic carbocycles. The molecule has 26 heavy (non-hydrogen) atoms. The normalized spacial score (nSPS) is 16.6. The highest BCUT2D eigenvalue weighted by atomic mass is 32.2. The number of carbonyl (C=O) groups excluding carboxylic acids is 1. The SMILES string of the molecule is CS(=O)(=O)N1CCC(C(=O)NCC#Cc2ccccc2C(F)(F)F)CC1. The number of benzene rings is 1. The van der Waals surface area contributed by atoms with E-state index in [1.807, 2.05) is 0 Å². The molecule has 1 N–H and O–H groups in total. The maximum atomic E-state index is 12.9. The number of halogens is 3. The lowest BCUT2D eigenvalue weighted by atomic mass is 9.97. The first-order valence-electron chi connectivity index (χ1n) is 7.97. The molecule has 5 nitrogen and oxygen atoms in total. The quantitative estimate of drug-likeness (QED) is 0.804. The number of nitrogens with zero attached hydrogens (tertiary/aromatic N) is 1. The van der Waals surface area contributed by atoms with E-state index in [1.54, 1.807) is 0 Å². The van der Waals surface area contributed by atoms with Crippen LogP contribution in [-0.4, -0.2) is 44.5 Å². The molecule has 9 heteroatoms. The van der Waals surface area contributed by atoms with Gasteiger partial charge < -0.3 is 5.32 Å². The van der Waals surface area contributed by atoms with Crippen LogP contribution in [0, 0.1) is 17.8 Å². The lowest BCUT2D eigenvalue weighted by Gasteiger charge is -2.29. The molecular formula is C17H19F3N2O3S. The standard InChI is InChI=1S/C17H19F3N2O3S/c1-26(24,25)22-11-8-14(9-12-22)16(23)21-10-4-6-13-5-2-3-7-15(13)17(18,19)20/h2-3,5,7,14H,8-12H2,1H3,(H,21,23). The lowest BCUT2D eigenvalue weighted by Crippen LogP contribution is -2.42. The zero-order chi connectivity index (χ0) is 19.4. The molecule has 0 aromatic heterocycles. The molecule has 0 bridgehead atoms. The zero-order valence-electron chi connectivity index (χ0n) is 14.1. The van der Waals surface area contributed by atoms with Crippen LogP contribution in [0.25, 0.3) is 0 Å². The highest BCUT2D eigenvalue weighted by Gasteiger charge is 2.32. The van der Waals surface area contributed by atoms with Gasteiger partial charge in [-0.05, 0) is 25.0 Å². The summed E-state index contributed by atoms with van der Waals surface area (Å²) in [4.78, 5) is 12.1. The summed E-state index contributed by atoms with van der Waals surface area (Å²) in [6.07, 6.45) is -2.55. The van der Waals surface area contributed by atoms with Crippen molar-refractivity contribution in [1.29, 1.82) is 0 Å².